The second-order valence-corrected chi connectivity index (χ2v) is 12.1. The summed E-state index contributed by atoms with van der Waals surface area (Å²) in [6, 6.07) is 6.53. The number of hydrogen-bond acceptors (Lipinski definition) is 4. The molecule has 0 radical (unpaired) electrons. The summed E-state index contributed by atoms with van der Waals surface area (Å²) in [5.74, 6) is 1.53. The molecule has 2 N–H and O–H groups in total. The van der Waals surface area contributed by atoms with Crippen molar-refractivity contribution in [1.29, 1.82) is 0 Å². The Morgan fingerprint density at radius 3 is 2.41 bits per heavy atom. The molecular weight excluding hydrogens is 384 g/mol. The van der Waals surface area contributed by atoms with Crippen LogP contribution in [0.5, 0.6) is 0 Å². The third kappa shape index (κ3) is 4.45. The molecule has 2 fully saturated rings. The van der Waals surface area contributed by atoms with Crippen molar-refractivity contribution < 1.29 is 8.42 Å². The van der Waals surface area contributed by atoms with Crippen molar-refractivity contribution >= 4 is 26.9 Å². The van der Waals surface area contributed by atoms with Crippen LogP contribution in [0.2, 0.25) is 0 Å². The molecule has 7 heteroatoms. The third-order valence-electron chi connectivity index (χ3n) is 6.46. The highest BCUT2D eigenvalue weighted by molar-refractivity contribution is 7.90. The van der Waals surface area contributed by atoms with E-state index in [0.717, 1.165) is 55.6 Å². The van der Waals surface area contributed by atoms with Gasteiger partial charge in [-0.25, -0.2) is 18.1 Å². The van der Waals surface area contributed by atoms with Crippen molar-refractivity contribution in [2.75, 3.05) is 18.0 Å². The van der Waals surface area contributed by atoms with E-state index in [2.05, 4.69) is 32.8 Å². The van der Waals surface area contributed by atoms with Crippen LogP contribution in [0.1, 0.15) is 77.3 Å². The van der Waals surface area contributed by atoms with Crippen LogP contribution in [0, 0.1) is 0 Å². The number of pyridine rings is 1. The molecular formula is C22H34N4O2S. The van der Waals surface area contributed by atoms with Gasteiger partial charge in [-0.1, -0.05) is 0 Å². The Labute approximate surface area is 174 Å². The van der Waals surface area contributed by atoms with Crippen LogP contribution in [-0.4, -0.2) is 42.3 Å². The Balaban J connectivity index is 1.42. The molecule has 0 unspecified atom stereocenters. The molecule has 1 saturated carbocycles. The number of nitrogens with one attached hydrogen (secondary N) is 2. The van der Waals surface area contributed by atoms with E-state index in [-0.39, 0.29) is 6.04 Å². The van der Waals surface area contributed by atoms with E-state index >= 15 is 0 Å². The van der Waals surface area contributed by atoms with E-state index in [1.165, 1.54) is 25.0 Å². The molecule has 0 bridgehead atoms. The SMILES string of the molecule is CC(C)(C)S(=O)(=O)NC1CCC(c2cc3nc(N4CCCCC4)ccc3[nH]2)CC1. The zero-order valence-electron chi connectivity index (χ0n) is 17.9. The Bertz CT molecular complexity index is 947. The first kappa shape index (κ1) is 20.7. The lowest BCUT2D eigenvalue weighted by molar-refractivity contribution is 0.368. The van der Waals surface area contributed by atoms with Crippen molar-refractivity contribution in [1.82, 2.24) is 14.7 Å². The van der Waals surface area contributed by atoms with E-state index in [1.54, 1.807) is 20.8 Å². The zero-order valence-corrected chi connectivity index (χ0v) is 18.7. The van der Waals surface area contributed by atoms with Gasteiger partial charge in [0.1, 0.15) is 5.82 Å². The first-order valence-corrected chi connectivity index (χ1v) is 12.5. The van der Waals surface area contributed by atoms with Crippen LogP contribution >= 0.6 is 0 Å². The standard InChI is InChI=1S/C22H34N4O2S/c1-22(2,3)29(27,28)25-17-9-7-16(8-10-17)19-15-20-18(23-19)11-12-21(24-20)26-13-5-4-6-14-26/h11-12,15-17,23,25H,4-10,13-14H2,1-3H3. The van der Waals surface area contributed by atoms with E-state index in [0.29, 0.717) is 5.92 Å². The number of nitrogens with zero attached hydrogens (tertiary/aromatic N) is 2. The Hall–Kier alpha value is -1.60. The lowest BCUT2D eigenvalue weighted by atomic mass is 9.84. The minimum atomic E-state index is -3.29. The number of aromatic nitrogens is 2. The molecule has 4 rings (SSSR count). The van der Waals surface area contributed by atoms with Crippen LogP contribution in [-0.2, 0) is 10.0 Å². The van der Waals surface area contributed by atoms with Crippen LogP contribution < -0.4 is 9.62 Å². The maximum atomic E-state index is 12.4. The molecule has 2 aromatic heterocycles. The summed E-state index contributed by atoms with van der Waals surface area (Å²) in [4.78, 5) is 10.9. The van der Waals surface area contributed by atoms with Gasteiger partial charge in [0.05, 0.1) is 15.8 Å². The lowest BCUT2D eigenvalue weighted by Crippen LogP contribution is -2.45. The van der Waals surface area contributed by atoms with Gasteiger partial charge in [0.2, 0.25) is 10.0 Å². The summed E-state index contributed by atoms with van der Waals surface area (Å²) in [6.07, 6.45) is 7.55. The fourth-order valence-corrected chi connectivity index (χ4v) is 5.48. The summed E-state index contributed by atoms with van der Waals surface area (Å²) in [5.41, 5.74) is 3.37. The normalized spacial score (nSPS) is 24.2. The van der Waals surface area contributed by atoms with Gasteiger partial charge < -0.3 is 9.88 Å². The second-order valence-electron chi connectivity index (χ2n) is 9.66. The molecule has 0 spiro atoms. The Morgan fingerprint density at radius 1 is 1.07 bits per heavy atom. The first-order valence-electron chi connectivity index (χ1n) is 11.0. The van der Waals surface area contributed by atoms with Crippen LogP contribution in [0.15, 0.2) is 18.2 Å². The summed E-state index contributed by atoms with van der Waals surface area (Å²) < 4.78 is 27.0. The van der Waals surface area contributed by atoms with Crippen molar-refractivity contribution in [2.45, 2.75) is 82.4 Å². The zero-order chi connectivity index (χ0) is 20.6. The number of aromatic amines is 1. The summed E-state index contributed by atoms with van der Waals surface area (Å²) >= 11 is 0. The van der Waals surface area contributed by atoms with Crippen molar-refractivity contribution in [2.24, 2.45) is 0 Å². The monoisotopic (exact) mass is 418 g/mol. The Kier molecular flexibility index (Phi) is 5.64. The summed E-state index contributed by atoms with van der Waals surface area (Å²) in [6.45, 7) is 7.44. The highest BCUT2D eigenvalue weighted by Crippen LogP contribution is 2.35. The molecule has 3 heterocycles. The molecule has 1 aliphatic heterocycles. The molecule has 0 amide bonds. The average molecular weight is 419 g/mol. The van der Waals surface area contributed by atoms with E-state index in [9.17, 15) is 8.42 Å². The number of rotatable bonds is 4. The van der Waals surface area contributed by atoms with Gasteiger partial charge in [-0.3, -0.25) is 0 Å². The van der Waals surface area contributed by atoms with E-state index in [4.69, 9.17) is 4.98 Å². The minimum Gasteiger partial charge on any atom is -0.357 e. The lowest BCUT2D eigenvalue weighted by Gasteiger charge is -2.31. The average Bonchev–Trinajstić information content (AvgIpc) is 3.11. The number of sulfonamides is 1. The fraction of sp³-hybridized carbons (Fsp3) is 0.682. The number of fused-ring (bicyclic) bond motifs is 1. The fourth-order valence-electron chi connectivity index (χ4n) is 4.46. The number of anilines is 1. The van der Waals surface area contributed by atoms with Gasteiger partial charge in [0, 0.05) is 24.8 Å². The highest BCUT2D eigenvalue weighted by Gasteiger charge is 2.33. The topological polar surface area (TPSA) is 78.1 Å². The van der Waals surface area contributed by atoms with Crippen LogP contribution in [0.4, 0.5) is 5.82 Å². The second kappa shape index (κ2) is 7.91. The summed E-state index contributed by atoms with van der Waals surface area (Å²) in [7, 11) is -3.29. The highest BCUT2D eigenvalue weighted by atomic mass is 32.2. The minimum absolute atomic E-state index is 0.0451. The summed E-state index contributed by atoms with van der Waals surface area (Å²) in [5, 5.41) is 0. The molecule has 160 valence electrons. The van der Waals surface area contributed by atoms with Crippen molar-refractivity contribution in [3.63, 3.8) is 0 Å². The molecule has 6 nitrogen and oxygen atoms in total. The Morgan fingerprint density at radius 2 is 1.76 bits per heavy atom. The van der Waals surface area contributed by atoms with Gasteiger partial charge in [0.15, 0.2) is 0 Å². The molecule has 0 atom stereocenters. The smallest absolute Gasteiger partial charge is 0.216 e. The van der Waals surface area contributed by atoms with Gasteiger partial charge in [-0.05, 0) is 89.8 Å². The predicted octanol–water partition coefficient (Wildman–Crippen LogP) is 4.30. The molecule has 2 aromatic rings. The van der Waals surface area contributed by atoms with E-state index in [1.807, 2.05) is 0 Å². The molecule has 1 aliphatic carbocycles. The van der Waals surface area contributed by atoms with Gasteiger partial charge in [-0.15, -0.1) is 0 Å². The largest absolute Gasteiger partial charge is 0.357 e. The number of H-pyrrole nitrogens is 1. The maximum Gasteiger partial charge on any atom is 0.216 e. The quantitative estimate of drug-likeness (QED) is 0.776. The molecule has 29 heavy (non-hydrogen) atoms. The van der Waals surface area contributed by atoms with Crippen LogP contribution in [0.25, 0.3) is 11.0 Å². The van der Waals surface area contributed by atoms with E-state index < -0.39 is 14.8 Å². The third-order valence-corrected chi connectivity index (χ3v) is 8.71. The van der Waals surface area contributed by atoms with Gasteiger partial charge >= 0.3 is 0 Å². The predicted molar refractivity (Wildman–Crippen MR) is 119 cm³/mol. The molecule has 2 aliphatic rings. The van der Waals surface area contributed by atoms with Gasteiger partial charge in [-0.2, -0.15) is 0 Å². The number of piperidine rings is 1. The van der Waals surface area contributed by atoms with Crippen LogP contribution in [0.3, 0.4) is 0 Å². The molecule has 0 aromatic carbocycles. The first-order chi connectivity index (χ1) is 13.7. The maximum absolute atomic E-state index is 12.4. The van der Waals surface area contributed by atoms with Gasteiger partial charge in [0.25, 0.3) is 0 Å². The molecule has 1 saturated heterocycles. The number of hydrogen-bond donors (Lipinski definition) is 2. The van der Waals surface area contributed by atoms with Crippen molar-refractivity contribution in [3.8, 4) is 0 Å². The van der Waals surface area contributed by atoms with Crippen molar-refractivity contribution in [3.05, 3.63) is 23.9 Å².